The molecule has 5 nitrogen and oxygen atoms in total. The molecule has 0 aliphatic carbocycles. The summed E-state index contributed by atoms with van der Waals surface area (Å²) in [5.74, 6) is 0.246. The molecular weight excluding hydrogens is 406 g/mol. The molecular formula is C25H27N3O2S. The zero-order valence-corrected chi connectivity index (χ0v) is 18.6. The molecule has 2 saturated heterocycles. The summed E-state index contributed by atoms with van der Waals surface area (Å²) in [5.41, 5.74) is 2.15. The van der Waals surface area contributed by atoms with E-state index in [0.717, 1.165) is 35.5 Å². The third-order valence-electron chi connectivity index (χ3n) is 6.65. The predicted octanol–water partition coefficient (Wildman–Crippen LogP) is 4.61. The number of para-hydroxylation sites is 1. The van der Waals surface area contributed by atoms with Crippen LogP contribution in [-0.2, 0) is 9.59 Å². The van der Waals surface area contributed by atoms with E-state index in [9.17, 15) is 9.59 Å². The normalized spacial score (nSPS) is 22.8. The Morgan fingerprint density at radius 3 is 2.68 bits per heavy atom. The summed E-state index contributed by atoms with van der Waals surface area (Å²) < 4.78 is 1.20. The van der Waals surface area contributed by atoms with Gasteiger partial charge in [0.1, 0.15) is 0 Å². The fourth-order valence-electron chi connectivity index (χ4n) is 4.88. The maximum absolute atomic E-state index is 13.3. The van der Waals surface area contributed by atoms with Crippen molar-refractivity contribution in [3.63, 3.8) is 0 Å². The number of nitrogens with zero attached hydrogens (tertiary/aromatic N) is 3. The van der Waals surface area contributed by atoms with Crippen LogP contribution in [0.5, 0.6) is 0 Å². The van der Waals surface area contributed by atoms with Crippen molar-refractivity contribution >= 4 is 33.4 Å². The Labute approximate surface area is 186 Å². The molecule has 2 fully saturated rings. The molecule has 31 heavy (non-hydrogen) atoms. The Kier molecular flexibility index (Phi) is 5.48. The van der Waals surface area contributed by atoms with Crippen molar-refractivity contribution in [1.29, 1.82) is 0 Å². The van der Waals surface area contributed by atoms with Crippen LogP contribution in [0.2, 0.25) is 0 Å². The zero-order valence-electron chi connectivity index (χ0n) is 17.7. The van der Waals surface area contributed by atoms with Gasteiger partial charge >= 0.3 is 0 Å². The first-order chi connectivity index (χ1) is 15.1. The number of aromatic nitrogens is 1. The molecule has 160 valence electrons. The summed E-state index contributed by atoms with van der Waals surface area (Å²) in [6, 6.07) is 18.2. The van der Waals surface area contributed by atoms with Crippen LogP contribution >= 0.6 is 11.3 Å². The van der Waals surface area contributed by atoms with E-state index in [2.05, 4.69) is 6.07 Å². The number of hydrogen-bond acceptors (Lipinski definition) is 4. The van der Waals surface area contributed by atoms with Crippen LogP contribution in [-0.4, -0.2) is 46.2 Å². The number of carbonyl (C=O) groups excluding carboxylic acids is 2. The molecule has 0 spiro atoms. The summed E-state index contributed by atoms with van der Waals surface area (Å²) >= 11 is 1.74. The molecule has 2 aliphatic heterocycles. The number of likely N-dealkylation sites (tertiary alicyclic amines) is 2. The fourth-order valence-corrected chi connectivity index (χ4v) is 5.98. The standard InChI is InChI=1S/C25H27N3O2S/c1-17(18-8-3-2-4-9-18)28-16-20(14-23(28)29)25(30)27-13-7-10-19(15-27)24-26-21-11-5-6-12-22(21)31-24/h2-6,8-9,11-12,17,19-20H,7,10,13-16H2,1H3/t17-,19-,20+/m1/s1. The van der Waals surface area contributed by atoms with Gasteiger partial charge in [-0.05, 0) is 37.5 Å². The number of rotatable bonds is 4. The lowest BCUT2D eigenvalue weighted by Gasteiger charge is -2.33. The maximum atomic E-state index is 13.3. The van der Waals surface area contributed by atoms with Gasteiger partial charge in [0.05, 0.1) is 27.2 Å². The lowest BCUT2D eigenvalue weighted by atomic mass is 9.96. The molecule has 3 atom stereocenters. The molecule has 0 N–H and O–H groups in total. The molecule has 3 heterocycles. The van der Waals surface area contributed by atoms with Crippen LogP contribution in [0.15, 0.2) is 54.6 Å². The number of thiazole rings is 1. The summed E-state index contributed by atoms with van der Waals surface area (Å²) in [5, 5.41) is 1.13. The maximum Gasteiger partial charge on any atom is 0.228 e. The lowest BCUT2D eigenvalue weighted by Crippen LogP contribution is -2.43. The monoisotopic (exact) mass is 433 g/mol. The van der Waals surface area contributed by atoms with E-state index in [1.54, 1.807) is 11.3 Å². The summed E-state index contributed by atoms with van der Waals surface area (Å²) in [6.45, 7) is 4.04. The number of hydrogen-bond donors (Lipinski definition) is 0. The number of amides is 2. The van der Waals surface area contributed by atoms with Gasteiger partial charge in [0.15, 0.2) is 0 Å². The Morgan fingerprint density at radius 2 is 1.87 bits per heavy atom. The number of benzene rings is 2. The van der Waals surface area contributed by atoms with E-state index in [4.69, 9.17) is 4.98 Å². The van der Waals surface area contributed by atoms with Crippen molar-refractivity contribution in [2.45, 2.75) is 38.1 Å². The molecule has 0 bridgehead atoms. The highest BCUT2D eigenvalue weighted by atomic mass is 32.1. The average Bonchev–Trinajstić information content (AvgIpc) is 3.42. The zero-order chi connectivity index (χ0) is 21.4. The summed E-state index contributed by atoms with van der Waals surface area (Å²) in [4.78, 5) is 34.7. The van der Waals surface area contributed by atoms with Crippen LogP contribution in [0, 0.1) is 5.92 Å². The Morgan fingerprint density at radius 1 is 1.10 bits per heavy atom. The second-order valence-corrected chi connectivity index (χ2v) is 9.74. The van der Waals surface area contributed by atoms with E-state index < -0.39 is 0 Å². The van der Waals surface area contributed by atoms with Gasteiger partial charge < -0.3 is 9.80 Å². The first kappa shape index (κ1) is 20.2. The lowest BCUT2D eigenvalue weighted by molar-refractivity contribution is -0.137. The van der Waals surface area contributed by atoms with Crippen LogP contribution in [0.1, 0.15) is 48.7 Å². The minimum absolute atomic E-state index is 0.0108. The first-order valence-corrected chi connectivity index (χ1v) is 11.9. The minimum atomic E-state index is -0.243. The van der Waals surface area contributed by atoms with E-state index in [0.29, 0.717) is 19.5 Å². The quantitative estimate of drug-likeness (QED) is 0.604. The van der Waals surface area contributed by atoms with Crippen LogP contribution in [0.3, 0.4) is 0 Å². The minimum Gasteiger partial charge on any atom is -0.342 e. The average molecular weight is 434 g/mol. The van der Waals surface area contributed by atoms with Crippen molar-refractivity contribution < 1.29 is 9.59 Å². The van der Waals surface area contributed by atoms with Gasteiger partial charge in [-0.25, -0.2) is 4.98 Å². The van der Waals surface area contributed by atoms with Gasteiger partial charge in [0.2, 0.25) is 11.8 Å². The Bertz CT molecular complexity index is 1060. The SMILES string of the molecule is C[C@H](c1ccccc1)N1C[C@@H](C(=O)N2CCC[C@@H](c3nc4ccccc4s3)C2)CC1=O. The molecule has 2 aliphatic rings. The first-order valence-electron chi connectivity index (χ1n) is 11.1. The van der Waals surface area contributed by atoms with Gasteiger partial charge in [0.25, 0.3) is 0 Å². The topological polar surface area (TPSA) is 53.5 Å². The highest BCUT2D eigenvalue weighted by molar-refractivity contribution is 7.18. The van der Waals surface area contributed by atoms with Crippen molar-refractivity contribution in [2.24, 2.45) is 5.92 Å². The Hall–Kier alpha value is -2.73. The molecule has 5 rings (SSSR count). The third-order valence-corrected chi connectivity index (χ3v) is 7.85. The number of fused-ring (bicyclic) bond motifs is 1. The number of piperidine rings is 1. The van der Waals surface area contributed by atoms with Gasteiger partial charge in [-0.15, -0.1) is 11.3 Å². The van der Waals surface area contributed by atoms with Crippen LogP contribution < -0.4 is 0 Å². The van der Waals surface area contributed by atoms with Crippen molar-refractivity contribution in [3.8, 4) is 0 Å². The molecule has 1 aromatic heterocycles. The molecule has 2 aromatic carbocycles. The van der Waals surface area contributed by atoms with E-state index >= 15 is 0 Å². The molecule has 0 unspecified atom stereocenters. The molecule has 3 aromatic rings. The van der Waals surface area contributed by atoms with Gasteiger partial charge in [-0.3, -0.25) is 9.59 Å². The highest BCUT2D eigenvalue weighted by Gasteiger charge is 2.40. The molecule has 6 heteroatoms. The van der Waals surface area contributed by atoms with Crippen LogP contribution in [0.25, 0.3) is 10.2 Å². The van der Waals surface area contributed by atoms with Crippen LogP contribution in [0.4, 0.5) is 0 Å². The Balaban J connectivity index is 1.27. The molecule has 0 saturated carbocycles. The summed E-state index contributed by atoms with van der Waals surface area (Å²) in [6.07, 6.45) is 2.36. The fraction of sp³-hybridized carbons (Fsp3) is 0.400. The van der Waals surface area contributed by atoms with E-state index in [1.165, 1.54) is 4.70 Å². The molecule has 2 amide bonds. The predicted molar refractivity (Wildman–Crippen MR) is 123 cm³/mol. The van der Waals surface area contributed by atoms with E-state index in [-0.39, 0.29) is 29.7 Å². The summed E-state index contributed by atoms with van der Waals surface area (Å²) in [7, 11) is 0. The third kappa shape index (κ3) is 3.97. The second-order valence-electron chi connectivity index (χ2n) is 8.68. The van der Waals surface area contributed by atoms with E-state index in [1.807, 2.05) is 65.3 Å². The molecule has 0 radical (unpaired) electrons. The second kappa shape index (κ2) is 8.42. The van der Waals surface area contributed by atoms with Crippen molar-refractivity contribution in [1.82, 2.24) is 14.8 Å². The van der Waals surface area contributed by atoms with Gasteiger partial charge in [0, 0.05) is 32.0 Å². The largest absolute Gasteiger partial charge is 0.342 e. The number of carbonyl (C=O) groups is 2. The van der Waals surface area contributed by atoms with Gasteiger partial charge in [-0.2, -0.15) is 0 Å². The smallest absolute Gasteiger partial charge is 0.228 e. The van der Waals surface area contributed by atoms with Crippen molar-refractivity contribution in [3.05, 3.63) is 65.2 Å². The van der Waals surface area contributed by atoms with Crippen molar-refractivity contribution in [2.75, 3.05) is 19.6 Å². The van der Waals surface area contributed by atoms with Gasteiger partial charge in [-0.1, -0.05) is 42.5 Å². The highest BCUT2D eigenvalue weighted by Crippen LogP contribution is 2.35.